The van der Waals surface area contributed by atoms with Gasteiger partial charge in [-0.25, -0.2) is 0 Å². The zero-order chi connectivity index (χ0) is 14.1. The standard InChI is InChI=1S/C15H25NO3/c1-12(2)11-16-6-5-7-19-15-9-13(17-3)8-14(10-15)18-4/h8-10,12,16H,5-7,11H2,1-4H3. The normalized spacial score (nSPS) is 10.6. The summed E-state index contributed by atoms with van der Waals surface area (Å²) in [5.41, 5.74) is 0. The number of nitrogens with one attached hydrogen (secondary N) is 1. The molecule has 4 nitrogen and oxygen atoms in total. The predicted octanol–water partition coefficient (Wildman–Crippen LogP) is 2.72. The molecule has 0 bridgehead atoms. The summed E-state index contributed by atoms with van der Waals surface area (Å²) in [6.07, 6.45) is 0.978. The highest BCUT2D eigenvalue weighted by molar-refractivity contribution is 5.41. The van der Waals surface area contributed by atoms with E-state index in [0.717, 1.165) is 36.8 Å². The Morgan fingerprint density at radius 3 is 2.11 bits per heavy atom. The zero-order valence-corrected chi connectivity index (χ0v) is 12.4. The number of methoxy groups -OCH3 is 2. The van der Waals surface area contributed by atoms with Gasteiger partial charge in [0.05, 0.1) is 20.8 Å². The van der Waals surface area contributed by atoms with Crippen LogP contribution in [0.2, 0.25) is 0 Å². The lowest BCUT2D eigenvalue weighted by Crippen LogP contribution is -2.22. The van der Waals surface area contributed by atoms with Gasteiger partial charge < -0.3 is 19.5 Å². The lowest BCUT2D eigenvalue weighted by Gasteiger charge is -2.11. The summed E-state index contributed by atoms with van der Waals surface area (Å²) in [5, 5.41) is 3.39. The van der Waals surface area contributed by atoms with E-state index in [4.69, 9.17) is 14.2 Å². The van der Waals surface area contributed by atoms with Gasteiger partial charge in [0.1, 0.15) is 17.2 Å². The Hall–Kier alpha value is -1.42. The Kier molecular flexibility index (Phi) is 7.11. The van der Waals surface area contributed by atoms with Crippen LogP contribution in [-0.2, 0) is 0 Å². The van der Waals surface area contributed by atoms with Crippen molar-refractivity contribution in [2.75, 3.05) is 33.9 Å². The first-order chi connectivity index (χ1) is 9.15. The van der Waals surface area contributed by atoms with Crippen molar-refractivity contribution in [2.24, 2.45) is 5.92 Å². The Balaban J connectivity index is 2.32. The summed E-state index contributed by atoms with van der Waals surface area (Å²) in [5.74, 6) is 2.95. The molecule has 0 amide bonds. The predicted molar refractivity (Wildman–Crippen MR) is 77.4 cm³/mol. The molecule has 0 unspecified atom stereocenters. The van der Waals surface area contributed by atoms with Crippen LogP contribution in [0.5, 0.6) is 17.2 Å². The van der Waals surface area contributed by atoms with Crippen molar-refractivity contribution in [2.45, 2.75) is 20.3 Å². The summed E-state index contributed by atoms with van der Waals surface area (Å²) in [6, 6.07) is 5.56. The molecule has 0 saturated heterocycles. The lowest BCUT2D eigenvalue weighted by molar-refractivity contribution is 0.301. The molecule has 0 aromatic heterocycles. The molecule has 0 aliphatic rings. The molecule has 1 aromatic carbocycles. The van der Waals surface area contributed by atoms with Crippen LogP contribution in [-0.4, -0.2) is 33.9 Å². The quantitative estimate of drug-likeness (QED) is 0.698. The highest BCUT2D eigenvalue weighted by Gasteiger charge is 2.02. The number of hydrogen-bond acceptors (Lipinski definition) is 4. The Morgan fingerprint density at radius 1 is 1.00 bits per heavy atom. The lowest BCUT2D eigenvalue weighted by atomic mass is 10.2. The molecule has 19 heavy (non-hydrogen) atoms. The second kappa shape index (κ2) is 8.64. The van der Waals surface area contributed by atoms with Crippen LogP contribution >= 0.6 is 0 Å². The van der Waals surface area contributed by atoms with Crippen molar-refractivity contribution in [1.29, 1.82) is 0 Å². The van der Waals surface area contributed by atoms with Crippen molar-refractivity contribution in [3.05, 3.63) is 18.2 Å². The van der Waals surface area contributed by atoms with Gasteiger partial charge in [-0.1, -0.05) is 13.8 Å². The Bertz CT molecular complexity index is 344. The maximum atomic E-state index is 5.70. The van der Waals surface area contributed by atoms with Crippen LogP contribution in [0.15, 0.2) is 18.2 Å². The SMILES string of the molecule is COc1cc(OC)cc(OCCCNCC(C)C)c1. The van der Waals surface area contributed by atoms with E-state index >= 15 is 0 Å². The van der Waals surface area contributed by atoms with Crippen LogP contribution in [0.25, 0.3) is 0 Å². The van der Waals surface area contributed by atoms with Gasteiger partial charge >= 0.3 is 0 Å². The molecule has 0 atom stereocenters. The van der Waals surface area contributed by atoms with Gasteiger partial charge in [-0.3, -0.25) is 0 Å². The molecule has 0 spiro atoms. The molecule has 0 aliphatic heterocycles. The minimum Gasteiger partial charge on any atom is -0.496 e. The maximum absolute atomic E-state index is 5.70. The smallest absolute Gasteiger partial charge is 0.126 e. The molecule has 0 heterocycles. The monoisotopic (exact) mass is 267 g/mol. The van der Waals surface area contributed by atoms with Crippen LogP contribution in [0.3, 0.4) is 0 Å². The number of ether oxygens (including phenoxy) is 3. The molecule has 108 valence electrons. The van der Waals surface area contributed by atoms with Crippen molar-refractivity contribution in [3.63, 3.8) is 0 Å². The summed E-state index contributed by atoms with van der Waals surface area (Å²) in [6.45, 7) is 7.10. The molecule has 0 saturated carbocycles. The van der Waals surface area contributed by atoms with Gasteiger partial charge in [-0.15, -0.1) is 0 Å². The van der Waals surface area contributed by atoms with Crippen molar-refractivity contribution in [1.82, 2.24) is 5.32 Å². The first-order valence-electron chi connectivity index (χ1n) is 6.72. The van der Waals surface area contributed by atoms with E-state index in [0.29, 0.717) is 12.5 Å². The van der Waals surface area contributed by atoms with Gasteiger partial charge in [0.2, 0.25) is 0 Å². The van der Waals surface area contributed by atoms with Crippen molar-refractivity contribution >= 4 is 0 Å². The number of rotatable bonds is 9. The highest BCUT2D eigenvalue weighted by atomic mass is 16.5. The second-order valence-corrected chi connectivity index (χ2v) is 4.85. The number of benzene rings is 1. The van der Waals surface area contributed by atoms with E-state index in [1.54, 1.807) is 14.2 Å². The topological polar surface area (TPSA) is 39.7 Å². The Morgan fingerprint density at radius 2 is 1.58 bits per heavy atom. The van der Waals surface area contributed by atoms with Crippen LogP contribution in [0, 0.1) is 5.92 Å². The highest BCUT2D eigenvalue weighted by Crippen LogP contribution is 2.27. The summed E-state index contributed by atoms with van der Waals surface area (Å²) >= 11 is 0. The zero-order valence-electron chi connectivity index (χ0n) is 12.4. The largest absolute Gasteiger partial charge is 0.496 e. The molecule has 4 heteroatoms. The van der Waals surface area contributed by atoms with E-state index in [-0.39, 0.29) is 0 Å². The van der Waals surface area contributed by atoms with Crippen molar-refractivity contribution in [3.8, 4) is 17.2 Å². The van der Waals surface area contributed by atoms with Crippen molar-refractivity contribution < 1.29 is 14.2 Å². The van der Waals surface area contributed by atoms with E-state index in [1.165, 1.54) is 0 Å². The number of hydrogen-bond donors (Lipinski definition) is 1. The molecular weight excluding hydrogens is 242 g/mol. The maximum Gasteiger partial charge on any atom is 0.126 e. The minimum absolute atomic E-state index is 0.682. The van der Waals surface area contributed by atoms with Gasteiger partial charge in [0.25, 0.3) is 0 Å². The molecule has 1 rings (SSSR count). The molecule has 1 N–H and O–H groups in total. The van der Waals surface area contributed by atoms with E-state index in [1.807, 2.05) is 18.2 Å². The third kappa shape index (κ3) is 6.34. The molecule has 0 radical (unpaired) electrons. The molecular formula is C15H25NO3. The van der Waals surface area contributed by atoms with Gasteiger partial charge in [0.15, 0.2) is 0 Å². The third-order valence-electron chi connectivity index (χ3n) is 2.64. The van der Waals surface area contributed by atoms with Crippen LogP contribution in [0.1, 0.15) is 20.3 Å². The molecule has 0 fully saturated rings. The summed E-state index contributed by atoms with van der Waals surface area (Å²) < 4.78 is 16.1. The van der Waals surface area contributed by atoms with Crippen LogP contribution in [0.4, 0.5) is 0 Å². The fourth-order valence-electron chi connectivity index (χ4n) is 1.64. The fraction of sp³-hybridized carbons (Fsp3) is 0.600. The van der Waals surface area contributed by atoms with Gasteiger partial charge in [-0.2, -0.15) is 0 Å². The fourth-order valence-corrected chi connectivity index (χ4v) is 1.64. The molecule has 1 aromatic rings. The minimum atomic E-state index is 0.682. The Labute approximate surface area is 116 Å². The summed E-state index contributed by atoms with van der Waals surface area (Å²) in [7, 11) is 3.27. The summed E-state index contributed by atoms with van der Waals surface area (Å²) in [4.78, 5) is 0. The first-order valence-corrected chi connectivity index (χ1v) is 6.72. The van der Waals surface area contributed by atoms with E-state index < -0.39 is 0 Å². The van der Waals surface area contributed by atoms with E-state index in [9.17, 15) is 0 Å². The second-order valence-electron chi connectivity index (χ2n) is 4.85. The van der Waals surface area contributed by atoms with Gasteiger partial charge in [-0.05, 0) is 25.4 Å². The average Bonchev–Trinajstić information content (AvgIpc) is 2.41. The van der Waals surface area contributed by atoms with E-state index in [2.05, 4.69) is 19.2 Å². The van der Waals surface area contributed by atoms with Gasteiger partial charge in [0, 0.05) is 18.2 Å². The molecule has 0 aliphatic carbocycles. The first kappa shape index (κ1) is 15.6. The average molecular weight is 267 g/mol. The van der Waals surface area contributed by atoms with Crippen LogP contribution < -0.4 is 19.5 Å². The third-order valence-corrected chi connectivity index (χ3v) is 2.64.